The van der Waals surface area contributed by atoms with Crippen molar-refractivity contribution in [3.8, 4) is 11.3 Å². The Morgan fingerprint density at radius 1 is 1.24 bits per heavy atom. The molecule has 146 valence electrons. The summed E-state index contributed by atoms with van der Waals surface area (Å²) in [4.78, 5) is 26.8. The standard InChI is InChI=1S/C19H15N5O2S3/c1-10(29-19-20-14(23-24-19)8-11-4-3-7-27-11)16-21-17(25)15-12(9-28-18(15)22-16)13-5-2-6-26-13/h2-7,9-10H,8H2,1H3,(H,20,23,24)(H,21,22,25). The first kappa shape index (κ1) is 18.3. The van der Waals surface area contributed by atoms with Gasteiger partial charge in [0.15, 0.2) is 0 Å². The van der Waals surface area contributed by atoms with Gasteiger partial charge in [-0.05, 0) is 30.5 Å². The second kappa shape index (κ2) is 7.62. The Morgan fingerprint density at radius 3 is 2.97 bits per heavy atom. The molecule has 0 radical (unpaired) electrons. The van der Waals surface area contributed by atoms with Crippen LogP contribution in [0.25, 0.3) is 21.5 Å². The molecule has 5 aromatic heterocycles. The number of aromatic amines is 2. The van der Waals surface area contributed by atoms with Crippen LogP contribution in [-0.2, 0) is 6.42 Å². The highest BCUT2D eigenvalue weighted by Gasteiger charge is 2.19. The SMILES string of the molecule is CC(Sc1n[nH]c(Cc2cccs2)n1)c1nc2scc(-c3ccco3)c2c(=O)[nH]1. The van der Waals surface area contributed by atoms with Crippen LogP contribution in [0.5, 0.6) is 0 Å². The van der Waals surface area contributed by atoms with Crippen LogP contribution in [-0.4, -0.2) is 25.1 Å². The van der Waals surface area contributed by atoms with Crippen molar-refractivity contribution in [1.82, 2.24) is 25.1 Å². The lowest BCUT2D eigenvalue weighted by atomic mass is 10.2. The first-order chi connectivity index (χ1) is 14.2. The fourth-order valence-corrected chi connectivity index (χ4v) is 5.42. The zero-order valence-corrected chi connectivity index (χ0v) is 17.7. The zero-order chi connectivity index (χ0) is 19.8. The molecule has 0 saturated carbocycles. The van der Waals surface area contributed by atoms with Crippen LogP contribution in [0.1, 0.15) is 28.7 Å². The van der Waals surface area contributed by atoms with Crippen LogP contribution in [0, 0.1) is 0 Å². The molecule has 5 aromatic rings. The van der Waals surface area contributed by atoms with E-state index in [2.05, 4.69) is 31.2 Å². The summed E-state index contributed by atoms with van der Waals surface area (Å²) in [5, 5.41) is 12.3. The van der Waals surface area contributed by atoms with Crippen LogP contribution in [0.3, 0.4) is 0 Å². The molecule has 0 saturated heterocycles. The number of rotatable bonds is 6. The molecule has 0 fully saturated rings. The summed E-state index contributed by atoms with van der Waals surface area (Å²) in [6.45, 7) is 1.98. The normalized spacial score (nSPS) is 12.6. The molecule has 0 aliphatic rings. The lowest BCUT2D eigenvalue weighted by Crippen LogP contribution is -2.12. The van der Waals surface area contributed by atoms with Crippen LogP contribution >= 0.6 is 34.4 Å². The highest BCUT2D eigenvalue weighted by atomic mass is 32.2. The van der Waals surface area contributed by atoms with E-state index in [0.717, 1.165) is 17.8 Å². The van der Waals surface area contributed by atoms with E-state index in [-0.39, 0.29) is 10.8 Å². The lowest BCUT2D eigenvalue weighted by Gasteiger charge is -2.07. The van der Waals surface area contributed by atoms with E-state index in [1.54, 1.807) is 23.7 Å². The van der Waals surface area contributed by atoms with Crippen LogP contribution in [0.4, 0.5) is 0 Å². The topological polar surface area (TPSA) is 100 Å². The number of aromatic nitrogens is 5. The van der Waals surface area contributed by atoms with Crippen LogP contribution in [0.2, 0.25) is 0 Å². The molecule has 1 unspecified atom stereocenters. The molecule has 5 rings (SSSR count). The van der Waals surface area contributed by atoms with Gasteiger partial charge in [0.25, 0.3) is 5.56 Å². The Hall–Kier alpha value is -2.69. The van der Waals surface area contributed by atoms with E-state index in [4.69, 9.17) is 4.42 Å². The first-order valence-corrected chi connectivity index (χ1v) is 11.5. The maximum absolute atomic E-state index is 12.7. The summed E-state index contributed by atoms with van der Waals surface area (Å²) in [5.41, 5.74) is 0.598. The molecule has 0 bridgehead atoms. The molecule has 0 spiro atoms. The van der Waals surface area contributed by atoms with E-state index < -0.39 is 0 Å². The van der Waals surface area contributed by atoms with E-state index in [0.29, 0.717) is 27.0 Å². The largest absolute Gasteiger partial charge is 0.464 e. The molecular weight excluding hydrogens is 426 g/mol. The van der Waals surface area contributed by atoms with Gasteiger partial charge in [0.2, 0.25) is 5.16 Å². The van der Waals surface area contributed by atoms with Crippen molar-refractivity contribution < 1.29 is 4.42 Å². The average Bonchev–Trinajstić information content (AvgIpc) is 3.49. The predicted molar refractivity (Wildman–Crippen MR) is 116 cm³/mol. The molecule has 7 nitrogen and oxygen atoms in total. The number of fused-ring (bicyclic) bond motifs is 1. The monoisotopic (exact) mass is 441 g/mol. The summed E-state index contributed by atoms with van der Waals surface area (Å²) >= 11 is 4.58. The predicted octanol–water partition coefficient (Wildman–Crippen LogP) is 4.87. The maximum Gasteiger partial charge on any atom is 0.260 e. The van der Waals surface area contributed by atoms with Crippen molar-refractivity contribution in [3.05, 3.63) is 68.2 Å². The van der Waals surface area contributed by atoms with Gasteiger partial charge in [-0.2, -0.15) is 0 Å². The molecule has 5 heterocycles. The second-order valence-electron chi connectivity index (χ2n) is 6.34. The Bertz CT molecular complexity index is 1300. The average molecular weight is 442 g/mol. The van der Waals surface area contributed by atoms with Gasteiger partial charge in [-0.1, -0.05) is 17.8 Å². The quantitative estimate of drug-likeness (QED) is 0.365. The number of thioether (sulfide) groups is 1. The fraction of sp³-hybridized carbons (Fsp3) is 0.158. The van der Waals surface area contributed by atoms with Crippen molar-refractivity contribution >= 4 is 44.7 Å². The summed E-state index contributed by atoms with van der Waals surface area (Å²) in [6.07, 6.45) is 2.32. The summed E-state index contributed by atoms with van der Waals surface area (Å²) in [6, 6.07) is 7.74. The van der Waals surface area contributed by atoms with Crippen molar-refractivity contribution in [2.24, 2.45) is 0 Å². The highest BCUT2D eigenvalue weighted by molar-refractivity contribution is 7.99. The number of nitrogens with one attached hydrogen (secondary N) is 2. The zero-order valence-electron chi connectivity index (χ0n) is 15.2. The molecule has 0 aliphatic heterocycles. The van der Waals surface area contributed by atoms with Crippen LogP contribution < -0.4 is 5.56 Å². The summed E-state index contributed by atoms with van der Waals surface area (Å²) in [5.74, 6) is 2.09. The number of nitrogens with zero attached hydrogens (tertiary/aromatic N) is 3. The van der Waals surface area contributed by atoms with Gasteiger partial charge in [0, 0.05) is 22.2 Å². The van der Waals surface area contributed by atoms with Crippen molar-refractivity contribution in [2.45, 2.75) is 23.8 Å². The van der Waals surface area contributed by atoms with Crippen molar-refractivity contribution in [1.29, 1.82) is 0 Å². The van der Waals surface area contributed by atoms with Crippen LogP contribution in [0.15, 0.2) is 55.7 Å². The van der Waals surface area contributed by atoms with Gasteiger partial charge in [0.05, 0.1) is 16.9 Å². The van der Waals surface area contributed by atoms with Gasteiger partial charge < -0.3 is 9.40 Å². The minimum Gasteiger partial charge on any atom is -0.464 e. The highest BCUT2D eigenvalue weighted by Crippen LogP contribution is 2.34. The van der Waals surface area contributed by atoms with Gasteiger partial charge in [-0.25, -0.2) is 9.97 Å². The number of hydrogen-bond acceptors (Lipinski definition) is 8. The van der Waals surface area contributed by atoms with E-state index in [9.17, 15) is 4.79 Å². The molecule has 10 heteroatoms. The maximum atomic E-state index is 12.7. The molecule has 0 aromatic carbocycles. The van der Waals surface area contributed by atoms with Gasteiger partial charge in [0.1, 0.15) is 22.2 Å². The van der Waals surface area contributed by atoms with E-state index in [1.165, 1.54) is 28.0 Å². The first-order valence-electron chi connectivity index (χ1n) is 8.83. The lowest BCUT2D eigenvalue weighted by molar-refractivity contribution is 0.583. The number of thiophene rings is 2. The molecule has 0 amide bonds. The molecule has 0 aliphatic carbocycles. The minimum absolute atomic E-state index is 0.105. The number of furan rings is 1. The second-order valence-corrected chi connectivity index (χ2v) is 9.54. The number of hydrogen-bond donors (Lipinski definition) is 2. The van der Waals surface area contributed by atoms with Gasteiger partial charge in [-0.15, -0.1) is 27.8 Å². The summed E-state index contributed by atoms with van der Waals surface area (Å²) in [7, 11) is 0. The van der Waals surface area contributed by atoms with Crippen molar-refractivity contribution in [2.75, 3.05) is 0 Å². The molecule has 2 N–H and O–H groups in total. The van der Waals surface area contributed by atoms with Gasteiger partial charge >= 0.3 is 0 Å². The third-order valence-corrected chi connectivity index (χ3v) is 7.07. The Labute approximate surface area is 177 Å². The smallest absolute Gasteiger partial charge is 0.260 e. The Morgan fingerprint density at radius 2 is 2.17 bits per heavy atom. The summed E-state index contributed by atoms with van der Waals surface area (Å²) < 4.78 is 5.44. The Kier molecular flexibility index (Phi) is 4.82. The molecule has 29 heavy (non-hydrogen) atoms. The van der Waals surface area contributed by atoms with E-state index >= 15 is 0 Å². The Balaban J connectivity index is 1.38. The third-order valence-electron chi connectivity index (χ3n) is 4.35. The van der Waals surface area contributed by atoms with Gasteiger partial charge in [-0.3, -0.25) is 9.89 Å². The minimum atomic E-state index is -0.168. The third kappa shape index (κ3) is 3.66. The van der Waals surface area contributed by atoms with E-state index in [1.807, 2.05) is 29.8 Å². The molecular formula is C19H15N5O2S3. The van der Waals surface area contributed by atoms with Crippen molar-refractivity contribution in [3.63, 3.8) is 0 Å². The fourth-order valence-electron chi connectivity index (χ4n) is 2.97. The molecule has 1 atom stereocenters. The number of H-pyrrole nitrogens is 2.